The molecule has 1 unspecified atom stereocenters. The van der Waals surface area contributed by atoms with Crippen molar-refractivity contribution in [1.82, 2.24) is 0 Å². The lowest BCUT2D eigenvalue weighted by Crippen LogP contribution is -2.17. The zero-order chi connectivity index (χ0) is 13.0. The van der Waals surface area contributed by atoms with Gasteiger partial charge in [0.15, 0.2) is 0 Å². The van der Waals surface area contributed by atoms with Crippen molar-refractivity contribution in [2.45, 2.75) is 13.2 Å². The third-order valence-electron chi connectivity index (χ3n) is 2.54. The summed E-state index contributed by atoms with van der Waals surface area (Å²) in [6, 6.07) is 15.9. The van der Waals surface area contributed by atoms with Crippen LogP contribution in [0.2, 0.25) is 0 Å². The Morgan fingerprint density at radius 2 is 1.67 bits per heavy atom. The molecule has 92 valence electrons. The molecule has 0 bridgehead atoms. The van der Waals surface area contributed by atoms with Crippen molar-refractivity contribution in [1.29, 1.82) is 0 Å². The highest BCUT2D eigenvalue weighted by molar-refractivity contribution is 5.27. The van der Waals surface area contributed by atoms with E-state index in [2.05, 4.69) is 0 Å². The molecule has 0 saturated heterocycles. The van der Waals surface area contributed by atoms with Crippen molar-refractivity contribution >= 4 is 0 Å². The van der Waals surface area contributed by atoms with Crippen LogP contribution in [0, 0.1) is 17.0 Å². The van der Waals surface area contributed by atoms with E-state index in [4.69, 9.17) is 4.74 Å². The quantitative estimate of drug-likeness (QED) is 0.470. The standard InChI is InChI=1S/C14H13NO3/c1-11-7-9-13(10-8-11)18-14(15(16)17)12-5-3-2-4-6-12/h2-10,14H,1H3. The molecule has 18 heavy (non-hydrogen) atoms. The average Bonchev–Trinajstić information content (AvgIpc) is 2.38. The summed E-state index contributed by atoms with van der Waals surface area (Å²) >= 11 is 0. The predicted octanol–water partition coefficient (Wildman–Crippen LogP) is 3.35. The van der Waals surface area contributed by atoms with Crippen LogP contribution in [0.3, 0.4) is 0 Å². The van der Waals surface area contributed by atoms with Gasteiger partial charge in [-0.1, -0.05) is 35.9 Å². The molecule has 0 aliphatic rings. The molecule has 0 amide bonds. The summed E-state index contributed by atoms with van der Waals surface area (Å²) in [6.45, 7) is 1.95. The second-order valence-electron chi connectivity index (χ2n) is 3.98. The molecule has 0 aliphatic heterocycles. The first-order valence-electron chi connectivity index (χ1n) is 5.58. The fraction of sp³-hybridized carbons (Fsp3) is 0.143. The molecule has 2 aromatic rings. The van der Waals surface area contributed by atoms with Gasteiger partial charge in [0.1, 0.15) is 5.75 Å². The highest BCUT2D eigenvalue weighted by Gasteiger charge is 2.24. The fourth-order valence-corrected chi connectivity index (χ4v) is 1.60. The maximum Gasteiger partial charge on any atom is 0.380 e. The van der Waals surface area contributed by atoms with E-state index in [0.717, 1.165) is 5.56 Å². The van der Waals surface area contributed by atoms with E-state index in [1.807, 2.05) is 25.1 Å². The lowest BCUT2D eigenvalue weighted by atomic mass is 10.2. The van der Waals surface area contributed by atoms with Crippen molar-refractivity contribution in [2.24, 2.45) is 0 Å². The van der Waals surface area contributed by atoms with E-state index in [1.165, 1.54) is 0 Å². The Kier molecular flexibility index (Phi) is 3.57. The van der Waals surface area contributed by atoms with Crippen LogP contribution in [0.5, 0.6) is 5.75 Å². The van der Waals surface area contributed by atoms with Gasteiger partial charge in [0.05, 0.1) is 10.5 Å². The van der Waals surface area contributed by atoms with Crippen LogP contribution in [0.25, 0.3) is 0 Å². The molecular weight excluding hydrogens is 230 g/mol. The van der Waals surface area contributed by atoms with Gasteiger partial charge >= 0.3 is 6.23 Å². The van der Waals surface area contributed by atoms with Gasteiger partial charge < -0.3 is 4.74 Å². The second kappa shape index (κ2) is 5.31. The lowest BCUT2D eigenvalue weighted by molar-refractivity contribution is -0.570. The molecule has 0 N–H and O–H groups in total. The van der Waals surface area contributed by atoms with Gasteiger partial charge in [-0.2, -0.15) is 0 Å². The van der Waals surface area contributed by atoms with E-state index in [-0.39, 0.29) is 0 Å². The van der Waals surface area contributed by atoms with Crippen LogP contribution in [0.4, 0.5) is 0 Å². The van der Waals surface area contributed by atoms with Crippen LogP contribution < -0.4 is 4.74 Å². The van der Waals surface area contributed by atoms with E-state index >= 15 is 0 Å². The summed E-state index contributed by atoms with van der Waals surface area (Å²) in [4.78, 5) is 10.6. The normalized spacial score (nSPS) is 11.8. The van der Waals surface area contributed by atoms with Crippen LogP contribution in [-0.2, 0) is 0 Å². The lowest BCUT2D eigenvalue weighted by Gasteiger charge is -2.12. The number of hydrogen-bond donors (Lipinski definition) is 0. The summed E-state index contributed by atoms with van der Waals surface area (Å²) in [6.07, 6.45) is -1.17. The first-order valence-corrected chi connectivity index (χ1v) is 5.58. The van der Waals surface area contributed by atoms with E-state index in [0.29, 0.717) is 11.3 Å². The third-order valence-corrected chi connectivity index (χ3v) is 2.54. The Hall–Kier alpha value is -2.36. The highest BCUT2D eigenvalue weighted by atomic mass is 16.7. The first kappa shape index (κ1) is 12.1. The molecule has 0 radical (unpaired) electrons. The topological polar surface area (TPSA) is 52.4 Å². The zero-order valence-electron chi connectivity index (χ0n) is 9.95. The summed E-state index contributed by atoms with van der Waals surface area (Å²) in [5.41, 5.74) is 1.61. The Labute approximate surface area is 105 Å². The zero-order valence-corrected chi connectivity index (χ0v) is 9.95. The van der Waals surface area contributed by atoms with Crippen molar-refractivity contribution in [3.63, 3.8) is 0 Å². The maximum absolute atomic E-state index is 11.1. The molecule has 0 aliphatic carbocycles. The largest absolute Gasteiger partial charge is 0.426 e. The van der Waals surface area contributed by atoms with Gasteiger partial charge in [-0.05, 0) is 31.2 Å². The minimum absolute atomic E-state index is 0.435. The van der Waals surface area contributed by atoms with E-state index in [1.54, 1.807) is 36.4 Å². The molecule has 1 atom stereocenters. The fourth-order valence-electron chi connectivity index (χ4n) is 1.60. The minimum Gasteiger partial charge on any atom is -0.426 e. The maximum atomic E-state index is 11.1. The summed E-state index contributed by atoms with van der Waals surface area (Å²) in [7, 11) is 0. The molecule has 4 nitrogen and oxygen atoms in total. The van der Waals surface area contributed by atoms with Crippen molar-refractivity contribution in [3.05, 3.63) is 75.8 Å². The monoisotopic (exact) mass is 243 g/mol. The van der Waals surface area contributed by atoms with Gasteiger partial charge in [-0.25, -0.2) is 0 Å². The van der Waals surface area contributed by atoms with Crippen LogP contribution in [0.1, 0.15) is 17.4 Å². The van der Waals surface area contributed by atoms with Gasteiger partial charge in [-0.15, -0.1) is 0 Å². The van der Waals surface area contributed by atoms with Gasteiger partial charge in [0.2, 0.25) is 0 Å². The summed E-state index contributed by atoms with van der Waals surface area (Å²) in [5, 5.41) is 11.1. The molecule has 0 fully saturated rings. The van der Waals surface area contributed by atoms with E-state index < -0.39 is 11.2 Å². The second-order valence-corrected chi connectivity index (χ2v) is 3.98. The first-order chi connectivity index (χ1) is 8.66. The Balaban J connectivity index is 2.22. The summed E-state index contributed by atoms with van der Waals surface area (Å²) in [5.74, 6) is 0.492. The minimum atomic E-state index is -1.17. The van der Waals surface area contributed by atoms with Gasteiger partial charge in [0.25, 0.3) is 0 Å². The smallest absolute Gasteiger partial charge is 0.380 e. The van der Waals surface area contributed by atoms with Crippen LogP contribution in [-0.4, -0.2) is 4.92 Å². The van der Waals surface area contributed by atoms with Crippen molar-refractivity contribution in [3.8, 4) is 5.75 Å². The Bertz CT molecular complexity index is 522. The molecule has 2 aromatic carbocycles. The van der Waals surface area contributed by atoms with Crippen LogP contribution in [0.15, 0.2) is 54.6 Å². The molecule has 0 heterocycles. The molecule has 2 rings (SSSR count). The van der Waals surface area contributed by atoms with Crippen molar-refractivity contribution < 1.29 is 9.66 Å². The Morgan fingerprint density at radius 3 is 2.22 bits per heavy atom. The summed E-state index contributed by atoms with van der Waals surface area (Å²) < 4.78 is 5.42. The number of benzene rings is 2. The highest BCUT2D eigenvalue weighted by Crippen LogP contribution is 2.22. The Morgan fingerprint density at radius 1 is 1.06 bits per heavy atom. The van der Waals surface area contributed by atoms with Crippen LogP contribution >= 0.6 is 0 Å². The number of rotatable bonds is 4. The average molecular weight is 243 g/mol. The van der Waals surface area contributed by atoms with E-state index in [9.17, 15) is 10.1 Å². The number of hydrogen-bond acceptors (Lipinski definition) is 3. The molecule has 0 spiro atoms. The SMILES string of the molecule is Cc1ccc(OC(c2ccccc2)[N+](=O)[O-])cc1. The number of nitro groups is 1. The number of nitrogens with zero attached hydrogens (tertiary/aromatic N) is 1. The predicted molar refractivity (Wildman–Crippen MR) is 68.0 cm³/mol. The van der Waals surface area contributed by atoms with Gasteiger partial charge in [-0.3, -0.25) is 10.1 Å². The third kappa shape index (κ3) is 2.85. The molecule has 4 heteroatoms. The molecular formula is C14H13NO3. The molecule has 0 saturated carbocycles. The number of ether oxygens (including phenoxy) is 1. The van der Waals surface area contributed by atoms with Gasteiger partial charge in [0, 0.05) is 0 Å². The number of aryl methyl sites for hydroxylation is 1. The molecule has 0 aromatic heterocycles. The van der Waals surface area contributed by atoms with Crippen molar-refractivity contribution in [2.75, 3.05) is 0 Å².